The summed E-state index contributed by atoms with van der Waals surface area (Å²) in [6.45, 7) is 5.65. The lowest BCUT2D eigenvalue weighted by Crippen LogP contribution is -2.57. The highest BCUT2D eigenvalue weighted by Crippen LogP contribution is 2.16. The molecule has 0 spiro atoms. The number of benzene rings is 1. The summed E-state index contributed by atoms with van der Waals surface area (Å²) in [7, 11) is 1.62. The molecular weight excluding hydrogens is 292 g/mol. The maximum atomic E-state index is 12.7. The van der Waals surface area contributed by atoms with Crippen LogP contribution in [0.4, 0.5) is 0 Å². The van der Waals surface area contributed by atoms with E-state index in [0.29, 0.717) is 17.6 Å². The Balaban J connectivity index is 1.94. The van der Waals surface area contributed by atoms with Crippen molar-refractivity contribution in [1.29, 1.82) is 0 Å². The molecule has 2 atom stereocenters. The standard InChI is InChI=1S/C17H22N4O2/c1-11-12(2)21(9-8-18-11)16(22)10-15-13-6-4-5-7-14(13)17(23)20(3)19-15/h4-7,11-12,18H,8-10H2,1-3H3. The van der Waals surface area contributed by atoms with Crippen LogP contribution in [-0.4, -0.2) is 45.8 Å². The van der Waals surface area contributed by atoms with E-state index in [1.54, 1.807) is 13.1 Å². The van der Waals surface area contributed by atoms with Crippen molar-refractivity contribution in [2.24, 2.45) is 7.05 Å². The lowest BCUT2D eigenvalue weighted by atomic mass is 10.0. The number of carbonyl (C=O) groups is 1. The molecule has 0 saturated carbocycles. The molecule has 6 heteroatoms. The van der Waals surface area contributed by atoms with E-state index in [1.807, 2.05) is 23.1 Å². The Bertz CT molecular complexity index is 799. The average molecular weight is 314 g/mol. The summed E-state index contributed by atoms with van der Waals surface area (Å²) in [4.78, 5) is 26.8. The summed E-state index contributed by atoms with van der Waals surface area (Å²) >= 11 is 0. The van der Waals surface area contributed by atoms with E-state index >= 15 is 0 Å². The van der Waals surface area contributed by atoms with Crippen LogP contribution < -0.4 is 10.9 Å². The molecule has 0 aliphatic carbocycles. The Morgan fingerprint density at radius 2 is 2.00 bits per heavy atom. The van der Waals surface area contributed by atoms with Crippen LogP contribution >= 0.6 is 0 Å². The van der Waals surface area contributed by atoms with Crippen LogP contribution in [0.5, 0.6) is 0 Å². The summed E-state index contributed by atoms with van der Waals surface area (Å²) in [5.41, 5.74) is 0.520. The van der Waals surface area contributed by atoms with Gasteiger partial charge >= 0.3 is 0 Å². The van der Waals surface area contributed by atoms with Gasteiger partial charge in [-0.15, -0.1) is 0 Å². The second kappa shape index (κ2) is 6.12. The van der Waals surface area contributed by atoms with Crippen LogP contribution in [0.15, 0.2) is 29.1 Å². The topological polar surface area (TPSA) is 67.2 Å². The van der Waals surface area contributed by atoms with Gasteiger partial charge in [0.25, 0.3) is 5.56 Å². The maximum absolute atomic E-state index is 12.7. The van der Waals surface area contributed by atoms with Crippen molar-refractivity contribution in [2.45, 2.75) is 32.4 Å². The first-order valence-corrected chi connectivity index (χ1v) is 7.97. The minimum absolute atomic E-state index is 0.0575. The van der Waals surface area contributed by atoms with Crippen molar-refractivity contribution in [3.05, 3.63) is 40.3 Å². The summed E-state index contributed by atoms with van der Waals surface area (Å²) in [5.74, 6) is 0.0575. The minimum atomic E-state index is -0.138. The summed E-state index contributed by atoms with van der Waals surface area (Å²) in [6.07, 6.45) is 0.214. The van der Waals surface area contributed by atoms with Crippen molar-refractivity contribution in [1.82, 2.24) is 20.0 Å². The minimum Gasteiger partial charge on any atom is -0.337 e. The lowest BCUT2D eigenvalue weighted by molar-refractivity contribution is -0.134. The predicted molar refractivity (Wildman–Crippen MR) is 89.3 cm³/mol. The normalized spacial score (nSPS) is 21.6. The second-order valence-corrected chi connectivity index (χ2v) is 6.17. The number of nitrogens with one attached hydrogen (secondary N) is 1. The Morgan fingerprint density at radius 3 is 2.74 bits per heavy atom. The fourth-order valence-electron chi connectivity index (χ4n) is 3.16. The van der Waals surface area contributed by atoms with E-state index in [4.69, 9.17) is 0 Å². The molecule has 1 fully saturated rings. The third-order valence-corrected chi connectivity index (χ3v) is 4.71. The van der Waals surface area contributed by atoms with E-state index in [-0.39, 0.29) is 30.0 Å². The first-order valence-electron chi connectivity index (χ1n) is 7.97. The molecule has 2 heterocycles. The van der Waals surface area contributed by atoms with Gasteiger partial charge in [0.15, 0.2) is 0 Å². The zero-order chi connectivity index (χ0) is 16.6. The molecule has 1 aromatic carbocycles. The van der Waals surface area contributed by atoms with Gasteiger partial charge < -0.3 is 10.2 Å². The number of hydrogen-bond donors (Lipinski definition) is 1. The third kappa shape index (κ3) is 2.86. The van der Waals surface area contributed by atoms with Gasteiger partial charge in [0.2, 0.25) is 5.91 Å². The van der Waals surface area contributed by atoms with Gasteiger partial charge in [-0.3, -0.25) is 9.59 Å². The monoisotopic (exact) mass is 314 g/mol. The highest BCUT2D eigenvalue weighted by atomic mass is 16.2. The molecule has 3 rings (SSSR count). The molecule has 23 heavy (non-hydrogen) atoms. The zero-order valence-corrected chi connectivity index (χ0v) is 13.7. The number of amides is 1. The van der Waals surface area contributed by atoms with E-state index < -0.39 is 0 Å². The molecule has 1 saturated heterocycles. The number of fused-ring (bicyclic) bond motifs is 1. The molecule has 2 unspecified atom stereocenters. The quantitative estimate of drug-likeness (QED) is 0.885. The highest BCUT2D eigenvalue weighted by molar-refractivity contribution is 5.88. The molecule has 122 valence electrons. The van der Waals surface area contributed by atoms with E-state index in [1.165, 1.54) is 4.68 Å². The van der Waals surface area contributed by atoms with E-state index in [2.05, 4.69) is 24.3 Å². The smallest absolute Gasteiger partial charge is 0.274 e. The van der Waals surface area contributed by atoms with Crippen molar-refractivity contribution < 1.29 is 4.79 Å². The SMILES string of the molecule is CC1NCCN(C(=O)Cc2nn(C)c(=O)c3ccccc23)C1C. The molecule has 0 radical (unpaired) electrons. The number of carbonyl (C=O) groups excluding carboxylic acids is 1. The summed E-state index contributed by atoms with van der Waals surface area (Å²) in [5, 5.41) is 9.06. The van der Waals surface area contributed by atoms with Gasteiger partial charge in [-0.2, -0.15) is 5.10 Å². The van der Waals surface area contributed by atoms with Crippen LogP contribution in [0.2, 0.25) is 0 Å². The third-order valence-electron chi connectivity index (χ3n) is 4.71. The van der Waals surface area contributed by atoms with Gasteiger partial charge in [0.05, 0.1) is 17.5 Å². The maximum Gasteiger partial charge on any atom is 0.274 e. The predicted octanol–water partition coefficient (Wildman–Crippen LogP) is 0.685. The molecule has 6 nitrogen and oxygen atoms in total. The van der Waals surface area contributed by atoms with Gasteiger partial charge in [-0.1, -0.05) is 18.2 Å². The van der Waals surface area contributed by atoms with Crippen molar-refractivity contribution in [3.63, 3.8) is 0 Å². The number of rotatable bonds is 2. The molecule has 1 aromatic heterocycles. The van der Waals surface area contributed by atoms with Crippen molar-refractivity contribution in [2.75, 3.05) is 13.1 Å². The van der Waals surface area contributed by atoms with Crippen molar-refractivity contribution >= 4 is 16.7 Å². The molecule has 1 N–H and O–H groups in total. The molecule has 2 aromatic rings. The van der Waals surface area contributed by atoms with E-state index in [9.17, 15) is 9.59 Å². The van der Waals surface area contributed by atoms with Crippen LogP contribution in [0, 0.1) is 0 Å². The second-order valence-electron chi connectivity index (χ2n) is 6.17. The van der Waals surface area contributed by atoms with E-state index in [0.717, 1.165) is 11.9 Å². The van der Waals surface area contributed by atoms with Crippen LogP contribution in [0.25, 0.3) is 10.8 Å². The number of aryl methyl sites for hydroxylation is 1. The van der Waals surface area contributed by atoms with Gasteiger partial charge in [0.1, 0.15) is 0 Å². The van der Waals surface area contributed by atoms with Gasteiger partial charge in [-0.05, 0) is 19.9 Å². The fraction of sp³-hybridized carbons (Fsp3) is 0.471. The van der Waals surface area contributed by atoms with Crippen LogP contribution in [0.3, 0.4) is 0 Å². The zero-order valence-electron chi connectivity index (χ0n) is 13.7. The molecule has 0 bridgehead atoms. The molecular formula is C17H22N4O2. The number of piperazine rings is 1. The average Bonchev–Trinajstić information content (AvgIpc) is 2.55. The Labute approximate surface area is 135 Å². The fourth-order valence-corrected chi connectivity index (χ4v) is 3.16. The largest absolute Gasteiger partial charge is 0.337 e. The van der Waals surface area contributed by atoms with Crippen LogP contribution in [-0.2, 0) is 18.3 Å². The summed E-state index contributed by atoms with van der Waals surface area (Å²) < 4.78 is 1.31. The Kier molecular flexibility index (Phi) is 4.17. The van der Waals surface area contributed by atoms with Gasteiger partial charge in [-0.25, -0.2) is 4.68 Å². The highest BCUT2D eigenvalue weighted by Gasteiger charge is 2.28. The molecule has 1 aliphatic rings. The molecule has 1 amide bonds. The first-order chi connectivity index (χ1) is 11.0. The molecule has 1 aliphatic heterocycles. The van der Waals surface area contributed by atoms with Crippen LogP contribution in [0.1, 0.15) is 19.5 Å². The Morgan fingerprint density at radius 1 is 1.30 bits per heavy atom. The number of aromatic nitrogens is 2. The summed E-state index contributed by atoms with van der Waals surface area (Å²) in [6, 6.07) is 7.76. The van der Waals surface area contributed by atoms with Gasteiger partial charge in [0, 0.05) is 37.6 Å². The number of nitrogens with zero attached hydrogens (tertiary/aromatic N) is 3. The lowest BCUT2D eigenvalue weighted by Gasteiger charge is -2.38. The Hall–Kier alpha value is -2.21. The first kappa shape index (κ1) is 15.7. The number of hydrogen-bond acceptors (Lipinski definition) is 4. The van der Waals surface area contributed by atoms with Crippen molar-refractivity contribution in [3.8, 4) is 0 Å².